The monoisotopic (exact) mass is 420 g/mol. The maximum atomic E-state index is 13.7. The highest BCUT2D eigenvalue weighted by Gasteiger charge is 2.73. The van der Waals surface area contributed by atoms with Crippen molar-refractivity contribution in [2.75, 3.05) is 6.61 Å². The Kier molecular flexibility index (Phi) is 7.21. The molecule has 0 amide bonds. The summed E-state index contributed by atoms with van der Waals surface area (Å²) in [7, 11) is 0. The number of hydrogen-bond acceptors (Lipinski definition) is 2. The lowest BCUT2D eigenvalue weighted by atomic mass is 9.89. The number of hydrogen-bond donors (Lipinski definition) is 0. The van der Waals surface area contributed by atoms with Gasteiger partial charge >= 0.3 is 12.4 Å². The zero-order valence-electron chi connectivity index (χ0n) is 16.0. The van der Waals surface area contributed by atoms with Gasteiger partial charge in [0.2, 0.25) is 0 Å². The first kappa shape index (κ1) is 23.1. The Morgan fingerprint density at radius 3 is 1.97 bits per heavy atom. The zero-order chi connectivity index (χ0) is 21.7. The molecule has 8 heteroatoms. The summed E-state index contributed by atoms with van der Waals surface area (Å²) in [5, 5.41) is 0. The molecule has 2 aromatic carbocycles. The molecule has 2 aromatic rings. The number of ether oxygens (including phenoxy) is 2. The number of alkyl halides is 6. The molecule has 0 aliphatic carbocycles. The predicted octanol–water partition coefficient (Wildman–Crippen LogP) is 6.57. The normalized spacial score (nSPS) is 12.8. The maximum Gasteiger partial charge on any atom is 0.430 e. The van der Waals surface area contributed by atoms with E-state index >= 15 is 0 Å². The topological polar surface area (TPSA) is 18.5 Å². The number of benzene rings is 2. The van der Waals surface area contributed by atoms with Gasteiger partial charge < -0.3 is 9.47 Å². The molecular weight excluding hydrogens is 398 g/mol. The lowest BCUT2D eigenvalue weighted by Crippen LogP contribution is -2.56. The first-order valence-electron chi connectivity index (χ1n) is 9.14. The summed E-state index contributed by atoms with van der Waals surface area (Å²) in [5.41, 5.74) is -4.31. The summed E-state index contributed by atoms with van der Waals surface area (Å²) >= 11 is 0. The van der Waals surface area contributed by atoms with Crippen LogP contribution in [-0.2, 0) is 23.4 Å². The van der Waals surface area contributed by atoms with E-state index in [1.54, 1.807) is 31.2 Å². The molecule has 0 aliphatic rings. The van der Waals surface area contributed by atoms with Gasteiger partial charge in [0, 0.05) is 12.2 Å². The fraction of sp³-hybridized carbons (Fsp3) is 0.429. The van der Waals surface area contributed by atoms with E-state index in [0.29, 0.717) is 6.42 Å². The molecule has 0 radical (unpaired) electrons. The smallest absolute Gasteiger partial charge is 0.430 e. The second kappa shape index (κ2) is 9.07. The first-order chi connectivity index (χ1) is 13.6. The van der Waals surface area contributed by atoms with Crippen LogP contribution < -0.4 is 4.74 Å². The third-order valence-electron chi connectivity index (χ3n) is 4.38. The van der Waals surface area contributed by atoms with Crippen LogP contribution in [-0.4, -0.2) is 19.0 Å². The van der Waals surface area contributed by atoms with Crippen molar-refractivity contribution in [3.8, 4) is 5.75 Å². The van der Waals surface area contributed by atoms with Crippen LogP contribution in [0, 0.1) is 0 Å². The Balaban J connectivity index is 2.49. The van der Waals surface area contributed by atoms with Gasteiger partial charge in [0.1, 0.15) is 12.4 Å². The van der Waals surface area contributed by atoms with E-state index < -0.39 is 30.1 Å². The Bertz CT molecular complexity index is 770. The standard InChI is InChI=1S/C21H22F6O2/c1-3-8-16-13-17(19(29-4-2,20(22,23)24)21(25,26)27)11-12-18(16)28-14-15-9-6-5-7-10-15/h5-7,9-13H,3-4,8,14H2,1-2H3. The van der Waals surface area contributed by atoms with Gasteiger partial charge in [-0.3, -0.25) is 0 Å². The summed E-state index contributed by atoms with van der Waals surface area (Å²) in [5.74, 6) is 0.245. The fourth-order valence-corrected chi connectivity index (χ4v) is 3.09. The SMILES string of the molecule is CCCc1cc(C(OCC)(C(F)(F)F)C(F)(F)F)ccc1OCc1ccccc1. The van der Waals surface area contributed by atoms with Gasteiger partial charge in [0.25, 0.3) is 5.60 Å². The molecule has 0 N–H and O–H groups in total. The highest BCUT2D eigenvalue weighted by atomic mass is 19.4. The molecule has 0 saturated carbocycles. The molecule has 29 heavy (non-hydrogen) atoms. The van der Waals surface area contributed by atoms with E-state index in [2.05, 4.69) is 4.74 Å². The van der Waals surface area contributed by atoms with Crippen molar-refractivity contribution in [1.29, 1.82) is 0 Å². The summed E-state index contributed by atoms with van der Waals surface area (Å²) in [6.07, 6.45) is -10.6. The van der Waals surface area contributed by atoms with Gasteiger partial charge in [-0.05, 0) is 36.6 Å². The van der Waals surface area contributed by atoms with E-state index in [-0.39, 0.29) is 24.3 Å². The van der Waals surface area contributed by atoms with Gasteiger partial charge in [-0.25, -0.2) is 0 Å². The number of aryl methyl sites for hydroxylation is 1. The van der Waals surface area contributed by atoms with Gasteiger partial charge in [-0.15, -0.1) is 0 Å². The van der Waals surface area contributed by atoms with Crippen LogP contribution in [0.1, 0.15) is 37.0 Å². The predicted molar refractivity (Wildman–Crippen MR) is 96.6 cm³/mol. The minimum Gasteiger partial charge on any atom is -0.489 e. The molecule has 0 heterocycles. The Morgan fingerprint density at radius 2 is 1.45 bits per heavy atom. The van der Waals surface area contributed by atoms with Crippen LogP contribution in [0.3, 0.4) is 0 Å². The van der Waals surface area contributed by atoms with E-state index in [9.17, 15) is 26.3 Å². The van der Waals surface area contributed by atoms with Crippen LogP contribution in [0.2, 0.25) is 0 Å². The quantitative estimate of drug-likeness (QED) is 0.450. The minimum absolute atomic E-state index is 0.145. The molecule has 2 rings (SSSR count). The highest BCUT2D eigenvalue weighted by molar-refractivity contribution is 5.41. The third-order valence-corrected chi connectivity index (χ3v) is 4.38. The van der Waals surface area contributed by atoms with Crippen molar-refractivity contribution >= 4 is 0 Å². The molecule has 0 bridgehead atoms. The van der Waals surface area contributed by atoms with E-state index in [1.165, 1.54) is 0 Å². The average molecular weight is 420 g/mol. The van der Waals surface area contributed by atoms with Crippen molar-refractivity contribution in [2.24, 2.45) is 0 Å². The summed E-state index contributed by atoms with van der Waals surface area (Å²) in [6.45, 7) is 2.26. The van der Waals surface area contributed by atoms with Gasteiger partial charge in [-0.1, -0.05) is 49.7 Å². The lowest BCUT2D eigenvalue weighted by molar-refractivity contribution is -0.388. The Labute approximate surface area is 165 Å². The van der Waals surface area contributed by atoms with Gasteiger partial charge in [0.15, 0.2) is 0 Å². The molecule has 2 nitrogen and oxygen atoms in total. The van der Waals surface area contributed by atoms with Crippen molar-refractivity contribution < 1.29 is 35.8 Å². The van der Waals surface area contributed by atoms with Crippen LogP contribution >= 0.6 is 0 Å². The molecule has 0 fully saturated rings. The lowest BCUT2D eigenvalue weighted by Gasteiger charge is -2.37. The van der Waals surface area contributed by atoms with Crippen molar-refractivity contribution in [3.05, 3.63) is 65.2 Å². The average Bonchev–Trinajstić information content (AvgIpc) is 2.64. The molecule has 0 saturated heterocycles. The van der Waals surface area contributed by atoms with Crippen LogP contribution in [0.25, 0.3) is 0 Å². The first-order valence-corrected chi connectivity index (χ1v) is 9.14. The van der Waals surface area contributed by atoms with Crippen LogP contribution in [0.5, 0.6) is 5.75 Å². The molecule has 0 unspecified atom stereocenters. The second-order valence-electron chi connectivity index (χ2n) is 6.46. The molecule has 0 aromatic heterocycles. The van der Waals surface area contributed by atoms with E-state index in [1.807, 2.05) is 6.07 Å². The maximum absolute atomic E-state index is 13.7. The number of halogens is 6. The van der Waals surface area contributed by atoms with Gasteiger partial charge in [0.05, 0.1) is 0 Å². The third kappa shape index (κ3) is 4.86. The van der Waals surface area contributed by atoms with Crippen molar-refractivity contribution in [2.45, 2.75) is 51.2 Å². The Hall–Kier alpha value is -2.22. The van der Waals surface area contributed by atoms with Crippen molar-refractivity contribution in [3.63, 3.8) is 0 Å². The molecule has 160 valence electrons. The molecule has 0 aliphatic heterocycles. The largest absolute Gasteiger partial charge is 0.489 e. The van der Waals surface area contributed by atoms with Crippen LogP contribution in [0.15, 0.2) is 48.5 Å². The summed E-state index contributed by atoms with van der Waals surface area (Å²) < 4.78 is 92.0. The fourth-order valence-electron chi connectivity index (χ4n) is 3.09. The number of rotatable bonds is 8. The Morgan fingerprint density at radius 1 is 0.828 bits per heavy atom. The highest BCUT2D eigenvalue weighted by Crippen LogP contribution is 2.53. The summed E-state index contributed by atoms with van der Waals surface area (Å²) in [6, 6.07) is 11.9. The zero-order valence-corrected chi connectivity index (χ0v) is 16.0. The molecule has 0 spiro atoms. The van der Waals surface area contributed by atoms with E-state index in [4.69, 9.17) is 4.74 Å². The van der Waals surface area contributed by atoms with E-state index in [0.717, 1.165) is 30.7 Å². The van der Waals surface area contributed by atoms with Crippen molar-refractivity contribution in [1.82, 2.24) is 0 Å². The molecule has 0 atom stereocenters. The second-order valence-corrected chi connectivity index (χ2v) is 6.46. The summed E-state index contributed by atoms with van der Waals surface area (Å²) in [4.78, 5) is 0. The minimum atomic E-state index is -5.68. The van der Waals surface area contributed by atoms with Crippen LogP contribution in [0.4, 0.5) is 26.3 Å². The van der Waals surface area contributed by atoms with Gasteiger partial charge in [-0.2, -0.15) is 26.3 Å². The molecular formula is C21H22F6O2.